The quantitative estimate of drug-likeness (QED) is 0.911. The summed E-state index contributed by atoms with van der Waals surface area (Å²) in [4.78, 5) is 14.1. The second kappa shape index (κ2) is 6.21. The lowest BCUT2D eigenvalue weighted by molar-refractivity contribution is -0.131. The average molecular weight is 267 g/mol. The monoisotopic (exact) mass is 266 g/mol. The molecule has 2 N–H and O–H groups in total. The molecule has 0 saturated carbocycles. The molecule has 2 rings (SSSR count). The Bertz CT molecular complexity index is 397. The number of nitrogens with zero attached hydrogens (tertiary/aromatic N) is 1. The first-order valence-electron chi connectivity index (χ1n) is 6.41. The second-order valence-electron chi connectivity index (χ2n) is 4.86. The molecule has 1 aliphatic heterocycles. The second-order valence-corrected chi connectivity index (χ2v) is 5.30. The van der Waals surface area contributed by atoms with E-state index < -0.39 is 0 Å². The van der Waals surface area contributed by atoms with Crippen molar-refractivity contribution in [2.75, 3.05) is 19.6 Å². The van der Waals surface area contributed by atoms with E-state index in [1.807, 2.05) is 29.2 Å². The molecule has 0 atom stereocenters. The molecule has 18 heavy (non-hydrogen) atoms. The lowest BCUT2D eigenvalue weighted by Crippen LogP contribution is -2.40. The van der Waals surface area contributed by atoms with Crippen LogP contribution >= 0.6 is 11.6 Å². The molecule has 0 radical (unpaired) electrons. The molecular formula is C14H19ClN2O. The van der Waals surface area contributed by atoms with E-state index in [1.54, 1.807) is 0 Å². The van der Waals surface area contributed by atoms with Crippen LogP contribution in [0, 0.1) is 5.92 Å². The van der Waals surface area contributed by atoms with Crippen LogP contribution in [0.25, 0.3) is 0 Å². The van der Waals surface area contributed by atoms with E-state index in [0.717, 1.165) is 38.0 Å². The molecule has 0 spiro atoms. The minimum Gasteiger partial charge on any atom is -0.342 e. The highest BCUT2D eigenvalue weighted by Crippen LogP contribution is 2.17. The van der Waals surface area contributed by atoms with Crippen molar-refractivity contribution >= 4 is 17.5 Å². The Kier molecular flexibility index (Phi) is 4.61. The Morgan fingerprint density at radius 2 is 1.89 bits per heavy atom. The van der Waals surface area contributed by atoms with E-state index in [0.29, 0.717) is 17.4 Å². The highest BCUT2D eigenvalue weighted by Gasteiger charge is 2.21. The molecule has 98 valence electrons. The fraction of sp³-hybridized carbons (Fsp3) is 0.500. The molecule has 4 heteroatoms. The molecule has 1 aromatic rings. The van der Waals surface area contributed by atoms with Gasteiger partial charge in [-0.25, -0.2) is 0 Å². The molecule has 1 aliphatic rings. The van der Waals surface area contributed by atoms with Crippen molar-refractivity contribution in [2.45, 2.75) is 19.3 Å². The summed E-state index contributed by atoms with van der Waals surface area (Å²) in [6.07, 6.45) is 2.52. The molecule has 1 amide bonds. The molecule has 1 aromatic carbocycles. The molecule has 1 saturated heterocycles. The van der Waals surface area contributed by atoms with E-state index >= 15 is 0 Å². The SMILES string of the molecule is NCC1CCN(C(=O)Cc2ccc(Cl)cc2)CC1. The summed E-state index contributed by atoms with van der Waals surface area (Å²) in [5.74, 6) is 0.789. The van der Waals surface area contributed by atoms with E-state index in [9.17, 15) is 4.79 Å². The number of nitrogens with two attached hydrogens (primary N) is 1. The van der Waals surface area contributed by atoms with Crippen molar-refractivity contribution in [1.29, 1.82) is 0 Å². The van der Waals surface area contributed by atoms with Crippen LogP contribution in [0.2, 0.25) is 5.02 Å². The zero-order chi connectivity index (χ0) is 13.0. The number of halogens is 1. The standard InChI is InChI=1S/C14H19ClN2O/c15-13-3-1-11(2-4-13)9-14(18)17-7-5-12(10-16)6-8-17/h1-4,12H,5-10,16H2. The fourth-order valence-electron chi connectivity index (χ4n) is 2.31. The normalized spacial score (nSPS) is 16.9. The fourth-order valence-corrected chi connectivity index (χ4v) is 2.43. The average Bonchev–Trinajstić information content (AvgIpc) is 2.41. The number of carbonyl (C=O) groups is 1. The summed E-state index contributed by atoms with van der Waals surface area (Å²) in [7, 11) is 0. The van der Waals surface area contributed by atoms with Crippen molar-refractivity contribution in [3.8, 4) is 0 Å². The van der Waals surface area contributed by atoms with Gasteiger partial charge in [0.1, 0.15) is 0 Å². The number of hydrogen-bond donors (Lipinski definition) is 1. The third kappa shape index (κ3) is 3.47. The van der Waals surface area contributed by atoms with Crippen LogP contribution in [-0.4, -0.2) is 30.4 Å². The van der Waals surface area contributed by atoms with Crippen LogP contribution in [0.5, 0.6) is 0 Å². The molecule has 0 bridgehead atoms. The summed E-state index contributed by atoms with van der Waals surface area (Å²) in [5.41, 5.74) is 6.67. The van der Waals surface area contributed by atoms with Crippen molar-refractivity contribution < 1.29 is 4.79 Å². The maximum absolute atomic E-state index is 12.1. The molecular weight excluding hydrogens is 248 g/mol. The lowest BCUT2D eigenvalue weighted by Gasteiger charge is -2.31. The van der Waals surface area contributed by atoms with Crippen LogP contribution in [0.1, 0.15) is 18.4 Å². The first kappa shape index (κ1) is 13.4. The number of hydrogen-bond acceptors (Lipinski definition) is 2. The molecule has 0 aliphatic carbocycles. The maximum atomic E-state index is 12.1. The van der Waals surface area contributed by atoms with Crippen molar-refractivity contribution in [3.05, 3.63) is 34.9 Å². The van der Waals surface area contributed by atoms with Crippen molar-refractivity contribution in [3.63, 3.8) is 0 Å². The number of piperidine rings is 1. The number of amides is 1. The van der Waals surface area contributed by atoms with Gasteiger partial charge in [-0.15, -0.1) is 0 Å². The predicted molar refractivity (Wildman–Crippen MR) is 73.5 cm³/mol. The predicted octanol–water partition coefficient (Wildman–Crippen LogP) is 2.08. The van der Waals surface area contributed by atoms with E-state index in [2.05, 4.69) is 0 Å². The van der Waals surface area contributed by atoms with Crippen LogP contribution < -0.4 is 5.73 Å². The smallest absolute Gasteiger partial charge is 0.226 e. The summed E-state index contributed by atoms with van der Waals surface area (Å²) in [6.45, 7) is 2.42. The van der Waals surface area contributed by atoms with Crippen LogP contribution in [0.4, 0.5) is 0 Å². The van der Waals surface area contributed by atoms with Gasteiger partial charge in [0.25, 0.3) is 0 Å². The topological polar surface area (TPSA) is 46.3 Å². The first-order chi connectivity index (χ1) is 8.69. The van der Waals surface area contributed by atoms with Crippen LogP contribution in [0.15, 0.2) is 24.3 Å². The van der Waals surface area contributed by atoms with Gasteiger partial charge in [0, 0.05) is 18.1 Å². The van der Waals surface area contributed by atoms with Crippen LogP contribution in [-0.2, 0) is 11.2 Å². The highest BCUT2D eigenvalue weighted by molar-refractivity contribution is 6.30. The van der Waals surface area contributed by atoms with Gasteiger partial charge in [0.05, 0.1) is 6.42 Å². The Hall–Kier alpha value is -1.06. The van der Waals surface area contributed by atoms with Gasteiger partial charge in [-0.05, 0) is 43.0 Å². The van der Waals surface area contributed by atoms with Gasteiger partial charge in [-0.1, -0.05) is 23.7 Å². The number of benzene rings is 1. The summed E-state index contributed by atoms with van der Waals surface area (Å²) in [5, 5.41) is 0.704. The van der Waals surface area contributed by atoms with Gasteiger partial charge < -0.3 is 10.6 Å². The molecule has 1 heterocycles. The summed E-state index contributed by atoms with van der Waals surface area (Å²) in [6, 6.07) is 7.47. The largest absolute Gasteiger partial charge is 0.342 e. The molecule has 0 aromatic heterocycles. The Morgan fingerprint density at radius 3 is 2.44 bits per heavy atom. The maximum Gasteiger partial charge on any atom is 0.226 e. The van der Waals surface area contributed by atoms with E-state index in [-0.39, 0.29) is 5.91 Å². The van der Waals surface area contributed by atoms with Crippen molar-refractivity contribution in [2.24, 2.45) is 11.7 Å². The van der Waals surface area contributed by atoms with E-state index in [4.69, 9.17) is 17.3 Å². The van der Waals surface area contributed by atoms with Gasteiger partial charge in [0.2, 0.25) is 5.91 Å². The van der Waals surface area contributed by atoms with Gasteiger partial charge in [-0.3, -0.25) is 4.79 Å². The Balaban J connectivity index is 1.87. The summed E-state index contributed by atoms with van der Waals surface area (Å²) >= 11 is 5.82. The zero-order valence-electron chi connectivity index (χ0n) is 10.4. The van der Waals surface area contributed by atoms with Gasteiger partial charge >= 0.3 is 0 Å². The number of carbonyl (C=O) groups excluding carboxylic acids is 1. The Morgan fingerprint density at radius 1 is 1.28 bits per heavy atom. The Labute approximate surface area is 113 Å². The zero-order valence-corrected chi connectivity index (χ0v) is 11.2. The first-order valence-corrected chi connectivity index (χ1v) is 6.79. The minimum atomic E-state index is 0.202. The highest BCUT2D eigenvalue weighted by atomic mass is 35.5. The molecule has 0 unspecified atom stereocenters. The number of rotatable bonds is 3. The lowest BCUT2D eigenvalue weighted by atomic mass is 9.96. The third-order valence-corrected chi connectivity index (χ3v) is 3.82. The number of likely N-dealkylation sites (tertiary alicyclic amines) is 1. The van der Waals surface area contributed by atoms with Crippen LogP contribution in [0.3, 0.4) is 0 Å². The minimum absolute atomic E-state index is 0.202. The van der Waals surface area contributed by atoms with Gasteiger partial charge in [-0.2, -0.15) is 0 Å². The molecule has 3 nitrogen and oxygen atoms in total. The van der Waals surface area contributed by atoms with Crippen molar-refractivity contribution in [1.82, 2.24) is 4.90 Å². The third-order valence-electron chi connectivity index (χ3n) is 3.57. The molecule has 1 fully saturated rings. The summed E-state index contributed by atoms with van der Waals surface area (Å²) < 4.78 is 0. The van der Waals surface area contributed by atoms with Gasteiger partial charge in [0.15, 0.2) is 0 Å². The van der Waals surface area contributed by atoms with E-state index in [1.165, 1.54) is 0 Å².